The summed E-state index contributed by atoms with van der Waals surface area (Å²) in [4.78, 5) is 17.1. The van der Waals surface area contributed by atoms with Gasteiger partial charge < -0.3 is 15.5 Å². The predicted molar refractivity (Wildman–Crippen MR) is 121 cm³/mol. The lowest BCUT2D eigenvalue weighted by atomic mass is 10.0. The highest BCUT2D eigenvalue weighted by Crippen LogP contribution is 2.37. The summed E-state index contributed by atoms with van der Waals surface area (Å²) < 4.78 is 0. The second-order valence-electron chi connectivity index (χ2n) is 7.72. The van der Waals surface area contributed by atoms with Gasteiger partial charge >= 0.3 is 0 Å². The first-order chi connectivity index (χ1) is 14.7. The molecule has 6 heteroatoms. The van der Waals surface area contributed by atoms with Gasteiger partial charge in [-0.25, -0.2) is 0 Å². The minimum atomic E-state index is -0.0413. The van der Waals surface area contributed by atoms with E-state index in [4.69, 9.17) is 5.26 Å². The van der Waals surface area contributed by atoms with Crippen molar-refractivity contribution in [2.45, 2.75) is 12.8 Å². The second kappa shape index (κ2) is 7.94. The number of nitriles is 1. The van der Waals surface area contributed by atoms with Gasteiger partial charge in [-0.15, -0.1) is 11.3 Å². The number of amides is 1. The fourth-order valence-corrected chi connectivity index (χ4v) is 5.22. The largest absolute Gasteiger partial charge is 0.370 e. The Bertz CT molecular complexity index is 1140. The number of hydrogen-bond acceptors (Lipinski definition) is 5. The van der Waals surface area contributed by atoms with Crippen LogP contribution in [-0.4, -0.2) is 32.1 Å². The second-order valence-corrected chi connectivity index (χ2v) is 8.77. The van der Waals surface area contributed by atoms with E-state index in [9.17, 15) is 4.79 Å². The summed E-state index contributed by atoms with van der Waals surface area (Å²) >= 11 is 1.52. The first kappa shape index (κ1) is 18.9. The quantitative estimate of drug-likeness (QED) is 0.658. The van der Waals surface area contributed by atoms with Crippen molar-refractivity contribution < 1.29 is 4.79 Å². The van der Waals surface area contributed by atoms with Crippen molar-refractivity contribution in [3.8, 4) is 16.5 Å². The fourth-order valence-electron chi connectivity index (χ4n) is 4.14. The lowest BCUT2D eigenvalue weighted by Crippen LogP contribution is -2.27. The number of benzene rings is 2. The van der Waals surface area contributed by atoms with Gasteiger partial charge in [0, 0.05) is 42.3 Å². The van der Waals surface area contributed by atoms with Crippen molar-refractivity contribution in [3.05, 3.63) is 70.1 Å². The summed E-state index contributed by atoms with van der Waals surface area (Å²) in [5, 5.41) is 15.6. The molecule has 0 unspecified atom stereocenters. The van der Waals surface area contributed by atoms with Crippen LogP contribution in [0.3, 0.4) is 0 Å². The Morgan fingerprint density at radius 1 is 1.00 bits per heavy atom. The zero-order valence-corrected chi connectivity index (χ0v) is 17.4. The van der Waals surface area contributed by atoms with Crippen molar-refractivity contribution in [1.82, 2.24) is 5.32 Å². The van der Waals surface area contributed by atoms with Crippen LogP contribution in [0.1, 0.15) is 32.8 Å². The summed E-state index contributed by atoms with van der Waals surface area (Å²) in [6.07, 6.45) is 1.87. The lowest BCUT2D eigenvalue weighted by Gasteiger charge is -2.23. The van der Waals surface area contributed by atoms with E-state index < -0.39 is 0 Å². The molecule has 0 bridgehead atoms. The molecule has 2 aliphatic rings. The van der Waals surface area contributed by atoms with E-state index in [1.807, 2.05) is 30.3 Å². The highest BCUT2D eigenvalue weighted by atomic mass is 32.1. The van der Waals surface area contributed by atoms with Gasteiger partial charge in [0.25, 0.3) is 5.91 Å². The van der Waals surface area contributed by atoms with Gasteiger partial charge in [0.15, 0.2) is 0 Å². The molecule has 0 atom stereocenters. The monoisotopic (exact) mass is 414 g/mol. The van der Waals surface area contributed by atoms with Crippen LogP contribution in [0.5, 0.6) is 0 Å². The molecule has 1 aromatic heterocycles. The van der Waals surface area contributed by atoms with Crippen LogP contribution in [0.4, 0.5) is 11.4 Å². The molecular weight excluding hydrogens is 392 g/mol. The Morgan fingerprint density at radius 2 is 1.87 bits per heavy atom. The number of hydrogen-bond donors (Lipinski definition) is 2. The van der Waals surface area contributed by atoms with Crippen LogP contribution >= 0.6 is 11.3 Å². The topological polar surface area (TPSA) is 68.2 Å². The smallest absolute Gasteiger partial charge is 0.266 e. The Kier molecular flexibility index (Phi) is 4.99. The summed E-state index contributed by atoms with van der Waals surface area (Å²) in [6, 6.07) is 18.2. The predicted octanol–water partition coefficient (Wildman–Crippen LogP) is 4.24. The molecule has 2 aromatic carbocycles. The highest BCUT2D eigenvalue weighted by molar-refractivity contribution is 7.17. The van der Waals surface area contributed by atoms with Gasteiger partial charge in [-0.2, -0.15) is 5.26 Å². The molecule has 1 saturated heterocycles. The number of anilines is 2. The van der Waals surface area contributed by atoms with E-state index in [0.29, 0.717) is 5.56 Å². The summed E-state index contributed by atoms with van der Waals surface area (Å²) in [5.41, 5.74) is 6.01. The molecule has 5 rings (SSSR count). The molecule has 5 nitrogen and oxygen atoms in total. The summed E-state index contributed by atoms with van der Waals surface area (Å²) in [6.45, 7) is 4.10. The van der Waals surface area contributed by atoms with E-state index in [1.54, 1.807) is 0 Å². The Hall–Kier alpha value is -3.14. The zero-order chi connectivity index (χ0) is 20.5. The van der Waals surface area contributed by atoms with Crippen LogP contribution in [0.2, 0.25) is 0 Å². The Morgan fingerprint density at radius 3 is 2.70 bits per heavy atom. The molecule has 2 N–H and O–H groups in total. The Balaban J connectivity index is 1.47. The van der Waals surface area contributed by atoms with Gasteiger partial charge in [0.05, 0.1) is 16.5 Å². The number of rotatable bonds is 2. The number of nitrogens with zero attached hydrogens (tertiary/aromatic N) is 2. The molecule has 2 aliphatic heterocycles. The molecule has 3 heterocycles. The minimum absolute atomic E-state index is 0.0413. The first-order valence-electron chi connectivity index (χ1n) is 10.2. The van der Waals surface area contributed by atoms with Gasteiger partial charge in [-0.3, -0.25) is 4.79 Å². The highest BCUT2D eigenvalue weighted by Gasteiger charge is 2.23. The third-order valence-corrected chi connectivity index (χ3v) is 6.96. The maximum atomic E-state index is 12.9. The summed E-state index contributed by atoms with van der Waals surface area (Å²) in [5.74, 6) is -0.0413. The average Bonchev–Trinajstić information content (AvgIpc) is 2.94. The third-order valence-electron chi connectivity index (χ3n) is 5.74. The molecule has 0 aliphatic carbocycles. The third kappa shape index (κ3) is 3.58. The molecule has 3 aromatic rings. The molecule has 0 saturated carbocycles. The van der Waals surface area contributed by atoms with E-state index >= 15 is 0 Å². The Labute approximate surface area is 180 Å². The molecule has 1 fully saturated rings. The average molecular weight is 415 g/mol. The number of fused-ring (bicyclic) bond motifs is 2. The normalized spacial score (nSPS) is 16.0. The standard InChI is InChI=1S/C24H22N4OS/c25-15-16-2-4-17(5-3-16)22-14-19-12-18-13-20(28-10-1-8-26-9-11-28)6-7-21(18)27-24(29)23(19)30-22/h2-7,13-14,26H,1,8-12H2,(H,27,29). The van der Waals surface area contributed by atoms with Gasteiger partial charge in [-0.05, 0) is 66.1 Å². The van der Waals surface area contributed by atoms with E-state index in [0.717, 1.165) is 71.2 Å². The van der Waals surface area contributed by atoms with Crippen molar-refractivity contribution in [2.75, 3.05) is 36.4 Å². The number of carbonyl (C=O) groups is 1. The first-order valence-corrected chi connectivity index (χ1v) is 11.1. The lowest BCUT2D eigenvalue weighted by molar-refractivity contribution is 0.103. The zero-order valence-electron chi connectivity index (χ0n) is 16.6. The molecule has 150 valence electrons. The van der Waals surface area contributed by atoms with Crippen LogP contribution in [-0.2, 0) is 6.42 Å². The maximum Gasteiger partial charge on any atom is 0.266 e. The van der Waals surface area contributed by atoms with Crippen LogP contribution < -0.4 is 15.5 Å². The minimum Gasteiger partial charge on any atom is -0.370 e. The van der Waals surface area contributed by atoms with Crippen molar-refractivity contribution >= 4 is 28.6 Å². The molecular formula is C24H22N4OS. The SMILES string of the molecule is N#Cc1ccc(-c2cc3c(s2)C(=O)Nc2ccc(N4CCCNCC4)cc2C3)cc1. The van der Waals surface area contributed by atoms with E-state index in [-0.39, 0.29) is 5.91 Å². The van der Waals surface area contributed by atoms with Crippen molar-refractivity contribution in [3.63, 3.8) is 0 Å². The number of nitrogens with one attached hydrogen (secondary N) is 2. The van der Waals surface area contributed by atoms with Crippen molar-refractivity contribution in [2.24, 2.45) is 0 Å². The van der Waals surface area contributed by atoms with Crippen molar-refractivity contribution in [1.29, 1.82) is 5.26 Å². The maximum absolute atomic E-state index is 12.9. The van der Waals surface area contributed by atoms with Gasteiger partial charge in [-0.1, -0.05) is 12.1 Å². The van der Waals surface area contributed by atoms with Gasteiger partial charge in [0.1, 0.15) is 0 Å². The fraction of sp³-hybridized carbons (Fsp3) is 0.250. The number of carbonyl (C=O) groups excluding carboxylic acids is 1. The molecule has 30 heavy (non-hydrogen) atoms. The van der Waals surface area contributed by atoms with E-state index in [2.05, 4.69) is 39.8 Å². The van der Waals surface area contributed by atoms with Crippen LogP contribution in [0, 0.1) is 11.3 Å². The molecule has 0 radical (unpaired) electrons. The van der Waals surface area contributed by atoms with Gasteiger partial charge in [0.2, 0.25) is 0 Å². The van der Waals surface area contributed by atoms with Crippen LogP contribution in [0.25, 0.3) is 10.4 Å². The van der Waals surface area contributed by atoms with E-state index in [1.165, 1.54) is 17.0 Å². The molecule has 1 amide bonds. The van der Waals surface area contributed by atoms with Crippen LogP contribution in [0.15, 0.2) is 48.5 Å². The number of thiophene rings is 1. The summed E-state index contributed by atoms with van der Waals surface area (Å²) in [7, 11) is 0. The molecule has 0 spiro atoms.